The molecule has 0 amide bonds. The van der Waals surface area contributed by atoms with Crippen molar-refractivity contribution in [1.82, 2.24) is 5.32 Å². The monoisotopic (exact) mass is 246 g/mol. The predicted molar refractivity (Wildman–Crippen MR) is 77.3 cm³/mol. The lowest BCUT2D eigenvalue weighted by Crippen LogP contribution is -2.51. The number of nitrogens with zero attached hydrogens (tertiary/aromatic N) is 1. The molecule has 90 valence electrons. The first-order chi connectivity index (χ1) is 7.89. The molecule has 0 bridgehead atoms. The van der Waals surface area contributed by atoms with Crippen LogP contribution in [0.15, 0.2) is 30.5 Å². The van der Waals surface area contributed by atoms with Gasteiger partial charge in [-0.25, -0.2) is 0 Å². The van der Waals surface area contributed by atoms with E-state index in [1.807, 2.05) is 4.90 Å². The summed E-state index contributed by atoms with van der Waals surface area (Å²) in [6.07, 6.45) is 4.19. The van der Waals surface area contributed by atoms with Gasteiger partial charge >= 0.3 is 0 Å². The number of rotatable bonds is 1. The minimum Gasteiger partial charge on any atom is -0.354 e. The summed E-state index contributed by atoms with van der Waals surface area (Å²) >= 11 is 5.42. The summed E-state index contributed by atoms with van der Waals surface area (Å²) in [5, 5.41) is 4.08. The second-order valence-electron chi connectivity index (χ2n) is 5.13. The number of benzene rings is 1. The van der Waals surface area contributed by atoms with Crippen molar-refractivity contribution in [2.45, 2.75) is 33.2 Å². The Labute approximate surface area is 108 Å². The molecule has 2 rings (SSSR count). The van der Waals surface area contributed by atoms with Gasteiger partial charge in [-0.1, -0.05) is 12.1 Å². The lowest BCUT2D eigenvalue weighted by atomic mass is 10.0. The minimum atomic E-state index is -0.0642. The molecule has 0 atom stereocenters. The summed E-state index contributed by atoms with van der Waals surface area (Å²) in [5.41, 5.74) is 3.55. The zero-order valence-corrected chi connectivity index (χ0v) is 11.6. The van der Waals surface area contributed by atoms with Crippen molar-refractivity contribution in [2.75, 3.05) is 4.90 Å². The third-order valence-electron chi connectivity index (χ3n) is 2.91. The Kier molecular flexibility index (Phi) is 2.96. The van der Waals surface area contributed by atoms with Gasteiger partial charge in [0.15, 0.2) is 5.11 Å². The molecular weight excluding hydrogens is 228 g/mol. The summed E-state index contributed by atoms with van der Waals surface area (Å²) in [5.74, 6) is 0. The molecule has 0 saturated heterocycles. The maximum Gasteiger partial charge on any atom is 0.178 e. The quantitative estimate of drug-likeness (QED) is 0.765. The maximum atomic E-state index is 5.42. The van der Waals surface area contributed by atoms with E-state index in [1.165, 1.54) is 11.1 Å². The molecular formula is C14H18N2S. The van der Waals surface area contributed by atoms with Crippen LogP contribution in [-0.4, -0.2) is 10.7 Å². The lowest BCUT2D eigenvalue weighted by Gasteiger charge is -2.35. The largest absolute Gasteiger partial charge is 0.354 e. The van der Waals surface area contributed by atoms with E-state index >= 15 is 0 Å². The van der Waals surface area contributed by atoms with Crippen molar-refractivity contribution < 1.29 is 0 Å². The molecule has 0 fully saturated rings. The van der Waals surface area contributed by atoms with Crippen molar-refractivity contribution in [2.24, 2.45) is 0 Å². The summed E-state index contributed by atoms with van der Waals surface area (Å²) in [4.78, 5) is 2.03. The predicted octanol–water partition coefficient (Wildman–Crippen LogP) is 3.29. The number of hydrogen-bond acceptors (Lipinski definition) is 1. The molecule has 1 N–H and O–H groups in total. The summed E-state index contributed by atoms with van der Waals surface area (Å²) in [6, 6.07) is 6.40. The van der Waals surface area contributed by atoms with Crippen molar-refractivity contribution in [3.63, 3.8) is 0 Å². The Morgan fingerprint density at radius 1 is 1.24 bits per heavy atom. The summed E-state index contributed by atoms with van der Waals surface area (Å²) in [6.45, 7) is 8.41. The van der Waals surface area contributed by atoms with Gasteiger partial charge in [0.1, 0.15) is 0 Å². The van der Waals surface area contributed by atoms with Crippen LogP contribution < -0.4 is 10.2 Å². The van der Waals surface area contributed by atoms with E-state index in [1.54, 1.807) is 0 Å². The number of hydrogen-bond donors (Lipinski definition) is 1. The van der Waals surface area contributed by atoms with E-state index in [0.29, 0.717) is 0 Å². The van der Waals surface area contributed by atoms with Crippen LogP contribution in [0.5, 0.6) is 0 Å². The Morgan fingerprint density at radius 2 is 1.94 bits per heavy atom. The molecule has 2 nitrogen and oxygen atoms in total. The van der Waals surface area contributed by atoms with Crippen LogP contribution in [-0.2, 0) is 0 Å². The normalized spacial score (nSPS) is 18.1. The van der Waals surface area contributed by atoms with Crippen LogP contribution in [0.2, 0.25) is 0 Å². The number of thiocarbonyl (C=S) groups is 1. The lowest BCUT2D eigenvalue weighted by molar-refractivity contribution is 0.566. The first-order valence-electron chi connectivity index (χ1n) is 5.77. The van der Waals surface area contributed by atoms with Gasteiger partial charge in [0.05, 0.1) is 11.2 Å². The molecule has 1 heterocycles. The van der Waals surface area contributed by atoms with Crippen LogP contribution in [0.25, 0.3) is 0 Å². The van der Waals surface area contributed by atoms with Crippen LogP contribution in [0.3, 0.4) is 0 Å². The summed E-state index contributed by atoms with van der Waals surface area (Å²) < 4.78 is 0. The Hall–Kier alpha value is -1.35. The molecule has 0 spiro atoms. The van der Waals surface area contributed by atoms with Gasteiger partial charge in [-0.05, 0) is 63.2 Å². The van der Waals surface area contributed by atoms with E-state index in [-0.39, 0.29) is 5.54 Å². The highest BCUT2D eigenvalue weighted by Crippen LogP contribution is 2.25. The van der Waals surface area contributed by atoms with Crippen LogP contribution >= 0.6 is 12.2 Å². The van der Waals surface area contributed by atoms with Gasteiger partial charge in [-0.15, -0.1) is 0 Å². The minimum absolute atomic E-state index is 0.0642. The van der Waals surface area contributed by atoms with Gasteiger partial charge in [-0.2, -0.15) is 0 Å². The second-order valence-corrected chi connectivity index (χ2v) is 5.51. The third kappa shape index (κ3) is 2.50. The van der Waals surface area contributed by atoms with Crippen molar-refractivity contribution >= 4 is 23.0 Å². The zero-order valence-electron chi connectivity index (χ0n) is 10.7. The molecule has 0 aromatic heterocycles. The number of anilines is 1. The number of aryl methyl sites for hydroxylation is 2. The van der Waals surface area contributed by atoms with Gasteiger partial charge in [0.2, 0.25) is 0 Å². The Balaban J connectivity index is 2.41. The smallest absolute Gasteiger partial charge is 0.178 e. The molecule has 1 aromatic rings. The fraction of sp³-hybridized carbons (Fsp3) is 0.357. The SMILES string of the molecule is Cc1ccc(C)c(N2C=CC(C)(C)NC2=S)c1. The maximum absolute atomic E-state index is 5.42. The van der Waals surface area contributed by atoms with E-state index < -0.39 is 0 Å². The topological polar surface area (TPSA) is 15.3 Å². The molecule has 0 unspecified atom stereocenters. The van der Waals surface area contributed by atoms with Gasteiger partial charge < -0.3 is 5.32 Å². The Bertz CT molecular complexity index is 489. The fourth-order valence-electron chi connectivity index (χ4n) is 1.87. The first-order valence-corrected chi connectivity index (χ1v) is 6.18. The van der Waals surface area contributed by atoms with E-state index in [4.69, 9.17) is 12.2 Å². The summed E-state index contributed by atoms with van der Waals surface area (Å²) in [7, 11) is 0. The molecule has 0 radical (unpaired) electrons. The van der Waals surface area contributed by atoms with Gasteiger partial charge in [0, 0.05) is 6.20 Å². The van der Waals surface area contributed by atoms with Crippen LogP contribution in [0.4, 0.5) is 5.69 Å². The molecule has 1 aliphatic heterocycles. The van der Waals surface area contributed by atoms with E-state index in [2.05, 4.69) is 63.5 Å². The molecule has 1 aliphatic rings. The van der Waals surface area contributed by atoms with E-state index in [0.717, 1.165) is 10.8 Å². The third-order valence-corrected chi connectivity index (χ3v) is 3.21. The molecule has 17 heavy (non-hydrogen) atoms. The highest BCUT2D eigenvalue weighted by molar-refractivity contribution is 7.80. The average Bonchev–Trinajstić information content (AvgIpc) is 2.21. The first kappa shape index (κ1) is 12.1. The van der Waals surface area contributed by atoms with Crippen LogP contribution in [0, 0.1) is 13.8 Å². The molecule has 3 heteroatoms. The zero-order chi connectivity index (χ0) is 12.6. The van der Waals surface area contributed by atoms with Gasteiger partial charge in [0.25, 0.3) is 0 Å². The number of nitrogens with one attached hydrogen (secondary N) is 1. The van der Waals surface area contributed by atoms with Crippen molar-refractivity contribution in [3.05, 3.63) is 41.6 Å². The Morgan fingerprint density at radius 3 is 2.59 bits per heavy atom. The standard InChI is InChI=1S/C14H18N2S/c1-10-5-6-11(2)12(9-10)16-8-7-14(3,4)15-13(16)17/h5-9H,1-4H3,(H,15,17). The molecule has 0 saturated carbocycles. The molecule has 0 aliphatic carbocycles. The van der Waals surface area contributed by atoms with Crippen molar-refractivity contribution in [1.29, 1.82) is 0 Å². The van der Waals surface area contributed by atoms with Crippen molar-refractivity contribution in [3.8, 4) is 0 Å². The molecule has 1 aromatic carbocycles. The van der Waals surface area contributed by atoms with Gasteiger partial charge in [-0.3, -0.25) is 4.90 Å². The highest BCUT2D eigenvalue weighted by atomic mass is 32.1. The van der Waals surface area contributed by atoms with E-state index in [9.17, 15) is 0 Å². The average molecular weight is 246 g/mol. The van der Waals surface area contributed by atoms with Crippen LogP contribution in [0.1, 0.15) is 25.0 Å². The highest BCUT2D eigenvalue weighted by Gasteiger charge is 2.24. The fourth-order valence-corrected chi connectivity index (χ4v) is 2.30. The second kappa shape index (κ2) is 4.15.